The largest absolute Gasteiger partial charge is 0.354 e. The molecule has 3 aromatic heterocycles. The molecule has 0 radical (unpaired) electrons. The molecule has 1 fully saturated rings. The SMILES string of the molecule is CNC(=O)c1sc2nccnc2c1[C@H]1CCN(C(=O)c2ccccn2)C1. The number of nitrogens with zero attached hydrogens (tertiary/aromatic N) is 4. The van der Waals surface area contributed by atoms with Gasteiger partial charge in [0.25, 0.3) is 11.8 Å². The summed E-state index contributed by atoms with van der Waals surface area (Å²) in [4.78, 5) is 41.1. The first kappa shape index (κ1) is 16.6. The fraction of sp³-hybridized carbons (Fsp3) is 0.278. The number of hydrogen-bond acceptors (Lipinski definition) is 6. The lowest BCUT2D eigenvalue weighted by Crippen LogP contribution is -2.29. The molecule has 0 unspecified atom stereocenters. The molecular formula is C18H17N5O2S. The number of carbonyl (C=O) groups excluding carboxylic acids is 2. The minimum Gasteiger partial charge on any atom is -0.354 e. The molecule has 132 valence electrons. The molecule has 0 saturated carbocycles. The van der Waals surface area contributed by atoms with Crippen LogP contribution in [0.5, 0.6) is 0 Å². The lowest BCUT2D eigenvalue weighted by molar-refractivity contribution is 0.0785. The summed E-state index contributed by atoms with van der Waals surface area (Å²) in [5, 5.41) is 2.69. The van der Waals surface area contributed by atoms with Crippen LogP contribution in [0.25, 0.3) is 10.3 Å². The molecule has 4 rings (SSSR count). The Morgan fingerprint density at radius 1 is 1.19 bits per heavy atom. The molecule has 1 aliphatic heterocycles. The summed E-state index contributed by atoms with van der Waals surface area (Å²) in [6, 6.07) is 5.31. The number of pyridine rings is 1. The molecule has 3 aromatic rings. The highest BCUT2D eigenvalue weighted by Crippen LogP contribution is 2.38. The van der Waals surface area contributed by atoms with Gasteiger partial charge in [0.1, 0.15) is 16.0 Å². The topological polar surface area (TPSA) is 88.1 Å². The lowest BCUT2D eigenvalue weighted by atomic mass is 9.97. The molecule has 1 aliphatic rings. The van der Waals surface area contributed by atoms with Crippen molar-refractivity contribution in [1.82, 2.24) is 25.2 Å². The van der Waals surface area contributed by atoms with Gasteiger partial charge in [0.05, 0.1) is 4.88 Å². The van der Waals surface area contributed by atoms with Crippen LogP contribution >= 0.6 is 11.3 Å². The van der Waals surface area contributed by atoms with Crippen LogP contribution < -0.4 is 5.32 Å². The Morgan fingerprint density at radius 2 is 2.04 bits per heavy atom. The molecule has 0 aromatic carbocycles. The molecule has 1 atom stereocenters. The van der Waals surface area contributed by atoms with E-state index in [0.29, 0.717) is 23.7 Å². The number of hydrogen-bond donors (Lipinski definition) is 1. The predicted octanol–water partition coefficient (Wildman–Crippen LogP) is 2.08. The molecule has 8 heteroatoms. The van der Waals surface area contributed by atoms with Crippen LogP contribution in [0.2, 0.25) is 0 Å². The van der Waals surface area contributed by atoms with Crippen molar-refractivity contribution < 1.29 is 9.59 Å². The van der Waals surface area contributed by atoms with E-state index in [2.05, 4.69) is 20.3 Å². The third-order valence-corrected chi connectivity index (χ3v) is 5.67. The summed E-state index contributed by atoms with van der Waals surface area (Å²) in [6.45, 7) is 1.17. The van der Waals surface area contributed by atoms with Crippen molar-refractivity contribution in [3.63, 3.8) is 0 Å². The third kappa shape index (κ3) is 2.82. The maximum absolute atomic E-state index is 12.7. The van der Waals surface area contributed by atoms with Crippen molar-refractivity contribution in [3.8, 4) is 0 Å². The van der Waals surface area contributed by atoms with Gasteiger partial charge in [-0.1, -0.05) is 6.07 Å². The van der Waals surface area contributed by atoms with Crippen LogP contribution in [0.4, 0.5) is 0 Å². The number of rotatable bonds is 3. The predicted molar refractivity (Wildman–Crippen MR) is 98.3 cm³/mol. The van der Waals surface area contributed by atoms with Crippen molar-refractivity contribution in [3.05, 3.63) is 52.9 Å². The summed E-state index contributed by atoms with van der Waals surface area (Å²) < 4.78 is 0. The molecule has 1 N–H and O–H groups in total. The minimum absolute atomic E-state index is 0.0559. The van der Waals surface area contributed by atoms with Gasteiger partial charge in [-0.2, -0.15) is 0 Å². The Kier molecular flexibility index (Phi) is 4.34. The van der Waals surface area contributed by atoms with Gasteiger partial charge >= 0.3 is 0 Å². The number of nitrogens with one attached hydrogen (secondary N) is 1. The van der Waals surface area contributed by atoms with E-state index in [-0.39, 0.29) is 17.7 Å². The van der Waals surface area contributed by atoms with Gasteiger partial charge in [0.15, 0.2) is 0 Å². The first-order chi connectivity index (χ1) is 12.7. The van der Waals surface area contributed by atoms with Crippen molar-refractivity contribution in [2.24, 2.45) is 0 Å². The zero-order valence-corrected chi connectivity index (χ0v) is 15.0. The van der Waals surface area contributed by atoms with E-state index in [9.17, 15) is 9.59 Å². The van der Waals surface area contributed by atoms with Crippen molar-refractivity contribution >= 4 is 33.5 Å². The van der Waals surface area contributed by atoms with E-state index in [1.54, 1.807) is 48.7 Å². The van der Waals surface area contributed by atoms with Gasteiger partial charge in [0, 0.05) is 50.2 Å². The molecule has 1 saturated heterocycles. The normalized spacial score (nSPS) is 16.8. The molecule has 0 spiro atoms. The fourth-order valence-corrected chi connectivity index (χ4v) is 4.47. The second-order valence-corrected chi connectivity index (χ2v) is 7.08. The van der Waals surface area contributed by atoms with Gasteiger partial charge < -0.3 is 10.2 Å². The summed E-state index contributed by atoms with van der Waals surface area (Å²) in [7, 11) is 1.61. The van der Waals surface area contributed by atoms with Gasteiger partial charge in [0.2, 0.25) is 0 Å². The van der Waals surface area contributed by atoms with Crippen LogP contribution in [-0.2, 0) is 0 Å². The third-order valence-electron chi connectivity index (χ3n) is 4.56. The van der Waals surface area contributed by atoms with Crippen molar-refractivity contribution in [1.29, 1.82) is 0 Å². The number of carbonyl (C=O) groups is 2. The van der Waals surface area contributed by atoms with E-state index in [1.165, 1.54) is 11.3 Å². The first-order valence-corrected chi connectivity index (χ1v) is 9.16. The quantitative estimate of drug-likeness (QED) is 0.766. The second-order valence-electron chi connectivity index (χ2n) is 6.09. The smallest absolute Gasteiger partial charge is 0.272 e. The summed E-state index contributed by atoms with van der Waals surface area (Å²) >= 11 is 1.35. The monoisotopic (exact) mass is 367 g/mol. The van der Waals surface area contributed by atoms with Crippen molar-refractivity contribution in [2.75, 3.05) is 20.1 Å². The van der Waals surface area contributed by atoms with E-state index >= 15 is 0 Å². The van der Waals surface area contributed by atoms with Crippen LogP contribution in [-0.4, -0.2) is 51.8 Å². The average molecular weight is 367 g/mol. The van der Waals surface area contributed by atoms with Gasteiger partial charge in [-0.3, -0.25) is 19.6 Å². The number of thiophene rings is 1. The van der Waals surface area contributed by atoms with Gasteiger partial charge in [-0.05, 0) is 18.6 Å². The lowest BCUT2D eigenvalue weighted by Gasteiger charge is -2.16. The maximum atomic E-state index is 12.7. The fourth-order valence-electron chi connectivity index (χ4n) is 3.34. The average Bonchev–Trinajstić information content (AvgIpc) is 3.32. The second kappa shape index (κ2) is 6.80. The Bertz CT molecular complexity index is 972. The highest BCUT2D eigenvalue weighted by Gasteiger charge is 2.33. The zero-order valence-electron chi connectivity index (χ0n) is 14.2. The number of amides is 2. The van der Waals surface area contributed by atoms with Gasteiger partial charge in [-0.25, -0.2) is 4.98 Å². The zero-order chi connectivity index (χ0) is 18.1. The molecular weight excluding hydrogens is 350 g/mol. The van der Waals surface area contributed by atoms with Crippen molar-refractivity contribution in [2.45, 2.75) is 12.3 Å². The van der Waals surface area contributed by atoms with E-state index in [0.717, 1.165) is 22.3 Å². The standard InChI is InChI=1S/C18H17N5O2S/c1-19-16(24)15-13(14-17(26-15)22-8-7-21-14)11-5-9-23(10-11)18(25)12-4-2-3-6-20-12/h2-4,6-8,11H,5,9-10H2,1H3,(H,19,24)/t11-/m0/s1. The number of aromatic nitrogens is 3. The van der Waals surface area contributed by atoms with E-state index < -0.39 is 0 Å². The highest BCUT2D eigenvalue weighted by molar-refractivity contribution is 7.20. The Labute approximate surface area is 154 Å². The van der Waals surface area contributed by atoms with E-state index in [4.69, 9.17) is 0 Å². The Balaban J connectivity index is 1.67. The first-order valence-electron chi connectivity index (χ1n) is 8.35. The molecule has 0 aliphatic carbocycles. The minimum atomic E-state index is -0.140. The molecule has 26 heavy (non-hydrogen) atoms. The highest BCUT2D eigenvalue weighted by atomic mass is 32.1. The van der Waals surface area contributed by atoms with E-state index in [1.807, 2.05) is 0 Å². The van der Waals surface area contributed by atoms with Crippen LogP contribution in [0.1, 0.15) is 38.1 Å². The Morgan fingerprint density at radius 3 is 2.81 bits per heavy atom. The van der Waals surface area contributed by atoms with Crippen LogP contribution in [0.15, 0.2) is 36.8 Å². The summed E-state index contributed by atoms with van der Waals surface area (Å²) in [5.74, 6) is -0.167. The van der Waals surface area contributed by atoms with Crippen LogP contribution in [0, 0.1) is 0 Å². The number of likely N-dealkylation sites (tertiary alicyclic amines) is 1. The maximum Gasteiger partial charge on any atom is 0.272 e. The molecule has 4 heterocycles. The van der Waals surface area contributed by atoms with Gasteiger partial charge in [-0.15, -0.1) is 11.3 Å². The summed E-state index contributed by atoms with van der Waals surface area (Å²) in [6.07, 6.45) is 5.66. The van der Waals surface area contributed by atoms with Crippen LogP contribution in [0.3, 0.4) is 0 Å². The summed E-state index contributed by atoms with van der Waals surface area (Å²) in [5.41, 5.74) is 2.09. The molecule has 7 nitrogen and oxygen atoms in total. The Hall–Kier alpha value is -2.87. The molecule has 0 bridgehead atoms. The number of fused-ring (bicyclic) bond motifs is 1. The molecule has 2 amide bonds.